The van der Waals surface area contributed by atoms with Crippen LogP contribution in [-0.2, 0) is 0 Å². The maximum atomic E-state index is 13.4. The number of halogens is 1. The van der Waals surface area contributed by atoms with E-state index < -0.39 is 11.7 Å². The second-order valence-electron chi connectivity index (χ2n) is 4.96. The number of furan rings is 1. The van der Waals surface area contributed by atoms with Crippen LogP contribution >= 0.6 is 0 Å². The SMILES string of the molecule is CCOc1ccc2oc(C(=O)N/N=C/c3ccccc3F)cc2c1. The molecule has 5 nitrogen and oxygen atoms in total. The van der Waals surface area contributed by atoms with E-state index in [1.54, 1.807) is 42.5 Å². The molecule has 0 saturated heterocycles. The van der Waals surface area contributed by atoms with Gasteiger partial charge in [0, 0.05) is 10.9 Å². The Labute approximate surface area is 137 Å². The lowest BCUT2D eigenvalue weighted by molar-refractivity contribution is 0.0929. The molecule has 0 aliphatic heterocycles. The first-order chi connectivity index (χ1) is 11.7. The van der Waals surface area contributed by atoms with Crippen molar-refractivity contribution in [3.63, 3.8) is 0 Å². The second kappa shape index (κ2) is 6.95. The van der Waals surface area contributed by atoms with E-state index in [1.165, 1.54) is 12.3 Å². The zero-order valence-electron chi connectivity index (χ0n) is 13.0. The minimum absolute atomic E-state index is 0.115. The summed E-state index contributed by atoms with van der Waals surface area (Å²) in [6.45, 7) is 2.45. The Hall–Kier alpha value is -3.15. The van der Waals surface area contributed by atoms with Crippen LogP contribution in [0.5, 0.6) is 5.75 Å². The quantitative estimate of drug-likeness (QED) is 0.574. The van der Waals surface area contributed by atoms with Gasteiger partial charge in [-0.25, -0.2) is 9.82 Å². The molecule has 3 rings (SSSR count). The number of carbonyl (C=O) groups is 1. The number of hydrazone groups is 1. The molecule has 0 unspecified atom stereocenters. The number of hydrogen-bond donors (Lipinski definition) is 1. The zero-order chi connectivity index (χ0) is 16.9. The Kier molecular flexibility index (Phi) is 4.56. The third-order valence-corrected chi connectivity index (χ3v) is 3.30. The van der Waals surface area contributed by atoms with Crippen molar-refractivity contribution in [2.24, 2.45) is 5.10 Å². The molecule has 122 valence electrons. The van der Waals surface area contributed by atoms with E-state index in [4.69, 9.17) is 9.15 Å². The summed E-state index contributed by atoms with van der Waals surface area (Å²) in [5.41, 5.74) is 3.17. The first-order valence-corrected chi connectivity index (χ1v) is 7.41. The molecule has 0 radical (unpaired) electrons. The maximum Gasteiger partial charge on any atom is 0.307 e. The molecule has 1 N–H and O–H groups in total. The fraction of sp³-hybridized carbons (Fsp3) is 0.111. The fourth-order valence-corrected chi connectivity index (χ4v) is 2.19. The van der Waals surface area contributed by atoms with Crippen molar-refractivity contribution in [1.82, 2.24) is 5.43 Å². The summed E-state index contributed by atoms with van der Waals surface area (Å²) < 4.78 is 24.3. The van der Waals surface area contributed by atoms with E-state index in [0.29, 0.717) is 17.9 Å². The minimum Gasteiger partial charge on any atom is -0.494 e. The van der Waals surface area contributed by atoms with E-state index in [2.05, 4.69) is 10.5 Å². The number of nitrogens with zero attached hydrogens (tertiary/aromatic N) is 1. The number of fused-ring (bicyclic) bond motifs is 1. The average Bonchev–Trinajstić information content (AvgIpc) is 3.00. The summed E-state index contributed by atoms with van der Waals surface area (Å²) in [5.74, 6) is -0.112. The van der Waals surface area contributed by atoms with Gasteiger partial charge in [-0.2, -0.15) is 5.10 Å². The van der Waals surface area contributed by atoms with E-state index in [1.807, 2.05) is 6.92 Å². The monoisotopic (exact) mass is 326 g/mol. The molecule has 0 spiro atoms. The van der Waals surface area contributed by atoms with E-state index >= 15 is 0 Å². The molecule has 1 amide bonds. The minimum atomic E-state index is -0.517. The summed E-state index contributed by atoms with van der Waals surface area (Å²) >= 11 is 0. The number of ether oxygens (including phenoxy) is 1. The lowest BCUT2D eigenvalue weighted by Crippen LogP contribution is -2.16. The van der Waals surface area contributed by atoms with Gasteiger partial charge in [0.15, 0.2) is 5.76 Å². The zero-order valence-corrected chi connectivity index (χ0v) is 13.0. The summed E-state index contributed by atoms with van der Waals surface area (Å²) in [7, 11) is 0. The molecule has 3 aromatic rings. The molecule has 6 heteroatoms. The van der Waals surface area contributed by atoms with Gasteiger partial charge < -0.3 is 9.15 Å². The Balaban J connectivity index is 1.73. The number of amides is 1. The molecule has 0 atom stereocenters. The third kappa shape index (κ3) is 3.43. The molecule has 0 aliphatic carbocycles. The van der Waals surface area contributed by atoms with Gasteiger partial charge in [-0.15, -0.1) is 0 Å². The highest BCUT2D eigenvalue weighted by molar-refractivity contribution is 5.96. The highest BCUT2D eigenvalue weighted by atomic mass is 19.1. The van der Waals surface area contributed by atoms with Gasteiger partial charge in [-0.05, 0) is 37.3 Å². The van der Waals surface area contributed by atoms with Crippen LogP contribution in [0.3, 0.4) is 0 Å². The Morgan fingerprint density at radius 1 is 1.29 bits per heavy atom. The third-order valence-electron chi connectivity index (χ3n) is 3.30. The van der Waals surface area contributed by atoms with Crippen LogP contribution in [0.15, 0.2) is 58.0 Å². The topological polar surface area (TPSA) is 63.8 Å². The molecule has 2 aromatic carbocycles. The molecular formula is C18H15FN2O3. The number of carbonyl (C=O) groups excluding carboxylic acids is 1. The van der Waals surface area contributed by atoms with Crippen molar-refractivity contribution in [2.75, 3.05) is 6.61 Å². The lowest BCUT2D eigenvalue weighted by atomic mass is 10.2. The Morgan fingerprint density at radius 3 is 2.92 bits per heavy atom. The van der Waals surface area contributed by atoms with Gasteiger partial charge in [-0.1, -0.05) is 18.2 Å². The summed E-state index contributed by atoms with van der Waals surface area (Å²) in [5, 5.41) is 4.50. The molecular weight excluding hydrogens is 311 g/mol. The molecule has 0 fully saturated rings. The van der Waals surface area contributed by atoms with Gasteiger partial charge in [-0.3, -0.25) is 4.79 Å². The standard InChI is InChI=1S/C18H15FN2O3/c1-2-23-14-7-8-16-13(9-14)10-17(24-16)18(22)21-20-11-12-5-3-4-6-15(12)19/h3-11H,2H2,1H3,(H,21,22)/b20-11+. The highest BCUT2D eigenvalue weighted by Gasteiger charge is 2.12. The first kappa shape index (κ1) is 15.7. The predicted molar refractivity (Wildman–Crippen MR) is 88.8 cm³/mol. The van der Waals surface area contributed by atoms with Crippen LogP contribution in [0.1, 0.15) is 23.0 Å². The number of hydrogen-bond acceptors (Lipinski definition) is 4. The van der Waals surface area contributed by atoms with Gasteiger partial charge in [0.2, 0.25) is 0 Å². The maximum absolute atomic E-state index is 13.4. The smallest absolute Gasteiger partial charge is 0.307 e. The average molecular weight is 326 g/mol. The van der Waals surface area contributed by atoms with Crippen LogP contribution in [0.25, 0.3) is 11.0 Å². The molecule has 0 saturated carbocycles. The Morgan fingerprint density at radius 2 is 2.12 bits per heavy atom. The predicted octanol–water partition coefficient (Wildman–Crippen LogP) is 3.73. The van der Waals surface area contributed by atoms with Crippen LogP contribution < -0.4 is 10.2 Å². The van der Waals surface area contributed by atoms with Crippen molar-refractivity contribution in [2.45, 2.75) is 6.92 Å². The van der Waals surface area contributed by atoms with Gasteiger partial charge in [0.1, 0.15) is 17.1 Å². The first-order valence-electron chi connectivity index (χ1n) is 7.41. The molecule has 24 heavy (non-hydrogen) atoms. The lowest BCUT2D eigenvalue weighted by Gasteiger charge is -2.00. The highest BCUT2D eigenvalue weighted by Crippen LogP contribution is 2.24. The number of nitrogens with one attached hydrogen (secondary N) is 1. The Bertz CT molecular complexity index is 902. The van der Waals surface area contributed by atoms with E-state index in [9.17, 15) is 9.18 Å². The molecule has 0 bridgehead atoms. The molecule has 1 aromatic heterocycles. The van der Waals surface area contributed by atoms with Crippen LogP contribution in [0.4, 0.5) is 4.39 Å². The summed E-state index contributed by atoms with van der Waals surface area (Å²) in [6, 6.07) is 13.0. The second-order valence-corrected chi connectivity index (χ2v) is 4.96. The van der Waals surface area contributed by atoms with Crippen molar-refractivity contribution >= 4 is 23.1 Å². The van der Waals surface area contributed by atoms with Crippen LogP contribution in [-0.4, -0.2) is 18.7 Å². The van der Waals surface area contributed by atoms with Gasteiger partial charge >= 0.3 is 5.91 Å². The molecule has 1 heterocycles. The largest absolute Gasteiger partial charge is 0.494 e. The van der Waals surface area contributed by atoms with Crippen molar-refractivity contribution in [1.29, 1.82) is 0 Å². The van der Waals surface area contributed by atoms with Crippen molar-refractivity contribution in [3.8, 4) is 5.75 Å². The normalized spacial score (nSPS) is 11.1. The molecule has 0 aliphatic rings. The summed E-state index contributed by atoms with van der Waals surface area (Å²) in [6.07, 6.45) is 1.24. The number of rotatable bonds is 5. The van der Waals surface area contributed by atoms with E-state index in [-0.39, 0.29) is 11.3 Å². The van der Waals surface area contributed by atoms with Crippen LogP contribution in [0.2, 0.25) is 0 Å². The van der Waals surface area contributed by atoms with Gasteiger partial charge in [0.05, 0.1) is 12.8 Å². The van der Waals surface area contributed by atoms with Crippen molar-refractivity contribution < 1.29 is 18.3 Å². The van der Waals surface area contributed by atoms with Crippen molar-refractivity contribution in [3.05, 3.63) is 65.7 Å². The number of benzene rings is 2. The summed E-state index contributed by atoms with van der Waals surface area (Å²) in [4.78, 5) is 12.1. The van der Waals surface area contributed by atoms with Gasteiger partial charge in [0.25, 0.3) is 0 Å². The van der Waals surface area contributed by atoms with Crippen LogP contribution in [0, 0.1) is 5.82 Å². The fourth-order valence-electron chi connectivity index (χ4n) is 2.19. The van der Waals surface area contributed by atoms with E-state index in [0.717, 1.165) is 5.39 Å².